The molecule has 1 rings (SSSR count). The molecule has 0 radical (unpaired) electrons. The van der Waals surface area contributed by atoms with Crippen LogP contribution in [0, 0.1) is 0 Å². The van der Waals surface area contributed by atoms with Crippen LogP contribution in [0.4, 0.5) is 4.79 Å². The van der Waals surface area contributed by atoms with Gasteiger partial charge in [0.2, 0.25) is 0 Å². The Morgan fingerprint density at radius 1 is 1.19 bits per heavy atom. The van der Waals surface area contributed by atoms with Crippen molar-refractivity contribution in [2.24, 2.45) is 0 Å². The number of aliphatic hydroxyl groups is 1. The molecule has 1 amide bonds. The fourth-order valence-electron chi connectivity index (χ4n) is 1.45. The third-order valence-electron chi connectivity index (χ3n) is 2.20. The third kappa shape index (κ3) is 8.04. The van der Waals surface area contributed by atoms with Crippen LogP contribution >= 0.6 is 0 Å². The van der Waals surface area contributed by atoms with Crippen molar-refractivity contribution in [1.82, 2.24) is 5.32 Å². The number of carbonyl (C=O) groups is 1. The van der Waals surface area contributed by atoms with Gasteiger partial charge >= 0.3 is 6.09 Å². The van der Waals surface area contributed by atoms with Crippen molar-refractivity contribution in [3.8, 4) is 11.5 Å². The summed E-state index contributed by atoms with van der Waals surface area (Å²) in [6.07, 6.45) is -0.467. The van der Waals surface area contributed by atoms with Gasteiger partial charge in [-0.2, -0.15) is 0 Å². The monoisotopic (exact) mass is 297 g/mol. The van der Waals surface area contributed by atoms with Crippen LogP contribution in [0.15, 0.2) is 24.3 Å². The molecular formula is C15H23NO5. The van der Waals surface area contributed by atoms with Crippen molar-refractivity contribution in [2.75, 3.05) is 26.4 Å². The zero-order valence-electron chi connectivity index (χ0n) is 12.7. The molecule has 0 bridgehead atoms. The summed E-state index contributed by atoms with van der Waals surface area (Å²) in [5.41, 5.74) is -0.511. The normalized spacial score (nSPS) is 10.9. The molecule has 118 valence electrons. The molecule has 0 aromatic heterocycles. The Labute approximate surface area is 125 Å². The van der Waals surface area contributed by atoms with Gasteiger partial charge in [-0.15, -0.1) is 0 Å². The van der Waals surface area contributed by atoms with Gasteiger partial charge in [0.05, 0.1) is 13.2 Å². The number of hydrogen-bond donors (Lipinski definition) is 2. The standard InChI is InChI=1S/C15H23NO5/c1-15(2,3)21-14(18)16-7-9-19-12-5-4-6-13(11-12)20-10-8-17/h4-6,11,17H,7-10H2,1-3H3,(H,16,18). The van der Waals surface area contributed by atoms with Gasteiger partial charge in [-0.3, -0.25) is 0 Å². The molecular weight excluding hydrogens is 274 g/mol. The van der Waals surface area contributed by atoms with Crippen LogP contribution < -0.4 is 14.8 Å². The van der Waals surface area contributed by atoms with Crippen LogP contribution in [0.2, 0.25) is 0 Å². The Morgan fingerprint density at radius 3 is 2.38 bits per heavy atom. The minimum absolute atomic E-state index is 0.0368. The summed E-state index contributed by atoms with van der Waals surface area (Å²) in [6, 6.07) is 7.09. The van der Waals surface area contributed by atoms with Crippen LogP contribution in [0.5, 0.6) is 11.5 Å². The lowest BCUT2D eigenvalue weighted by Crippen LogP contribution is -2.34. The number of ether oxygens (including phenoxy) is 3. The zero-order chi connectivity index (χ0) is 15.7. The highest BCUT2D eigenvalue weighted by Gasteiger charge is 2.15. The second kappa shape index (κ2) is 8.36. The summed E-state index contributed by atoms with van der Waals surface area (Å²) in [6.45, 7) is 6.29. The minimum Gasteiger partial charge on any atom is -0.492 e. The van der Waals surface area contributed by atoms with Gasteiger partial charge in [0.15, 0.2) is 0 Å². The molecule has 0 aliphatic rings. The predicted molar refractivity (Wildman–Crippen MR) is 78.8 cm³/mol. The van der Waals surface area contributed by atoms with E-state index in [9.17, 15) is 4.79 Å². The molecule has 0 aliphatic carbocycles. The molecule has 0 saturated heterocycles. The van der Waals surface area contributed by atoms with E-state index >= 15 is 0 Å². The fourth-order valence-corrected chi connectivity index (χ4v) is 1.45. The molecule has 6 nitrogen and oxygen atoms in total. The van der Waals surface area contributed by atoms with E-state index in [2.05, 4.69) is 5.32 Å². The highest BCUT2D eigenvalue weighted by Crippen LogP contribution is 2.19. The molecule has 6 heteroatoms. The lowest BCUT2D eigenvalue weighted by Gasteiger charge is -2.19. The Morgan fingerprint density at radius 2 is 1.81 bits per heavy atom. The first-order valence-corrected chi connectivity index (χ1v) is 6.84. The topological polar surface area (TPSA) is 77.0 Å². The summed E-state index contributed by atoms with van der Waals surface area (Å²) >= 11 is 0. The Balaban J connectivity index is 2.28. The Bertz CT molecular complexity index is 442. The first kappa shape index (κ1) is 17.1. The van der Waals surface area contributed by atoms with Crippen molar-refractivity contribution >= 4 is 6.09 Å². The molecule has 0 saturated carbocycles. The number of benzene rings is 1. The lowest BCUT2D eigenvalue weighted by molar-refractivity contribution is 0.0520. The summed E-state index contributed by atoms with van der Waals surface area (Å²) in [5.74, 6) is 1.26. The van der Waals surface area contributed by atoms with Gasteiger partial charge in [0.25, 0.3) is 0 Å². The van der Waals surface area contributed by atoms with E-state index in [-0.39, 0.29) is 13.2 Å². The highest BCUT2D eigenvalue weighted by atomic mass is 16.6. The predicted octanol–water partition coefficient (Wildman–Crippen LogP) is 1.96. The maximum atomic E-state index is 11.4. The van der Waals surface area contributed by atoms with E-state index in [1.54, 1.807) is 45.0 Å². The SMILES string of the molecule is CC(C)(C)OC(=O)NCCOc1cccc(OCCO)c1. The number of rotatable bonds is 7. The minimum atomic E-state index is -0.511. The number of nitrogens with one attached hydrogen (secondary N) is 1. The van der Waals surface area contributed by atoms with E-state index in [4.69, 9.17) is 19.3 Å². The summed E-state index contributed by atoms with van der Waals surface area (Å²) in [5, 5.41) is 11.3. The first-order chi connectivity index (χ1) is 9.90. The molecule has 2 N–H and O–H groups in total. The molecule has 0 fully saturated rings. The number of aliphatic hydroxyl groups excluding tert-OH is 1. The van der Waals surface area contributed by atoms with Crippen molar-refractivity contribution < 1.29 is 24.1 Å². The van der Waals surface area contributed by atoms with Gasteiger partial charge in [-0.05, 0) is 32.9 Å². The van der Waals surface area contributed by atoms with Crippen molar-refractivity contribution in [1.29, 1.82) is 0 Å². The van der Waals surface area contributed by atoms with Crippen LogP contribution in [-0.2, 0) is 4.74 Å². The second-order valence-corrected chi connectivity index (χ2v) is 5.32. The maximum absolute atomic E-state index is 11.4. The van der Waals surface area contributed by atoms with E-state index in [0.717, 1.165) is 0 Å². The number of carbonyl (C=O) groups excluding carboxylic acids is 1. The van der Waals surface area contributed by atoms with E-state index in [1.165, 1.54) is 0 Å². The average Bonchev–Trinajstić information content (AvgIpc) is 2.40. The highest BCUT2D eigenvalue weighted by molar-refractivity contribution is 5.67. The first-order valence-electron chi connectivity index (χ1n) is 6.84. The van der Waals surface area contributed by atoms with Crippen LogP contribution in [0.25, 0.3) is 0 Å². The molecule has 0 atom stereocenters. The molecule has 0 spiro atoms. The number of alkyl carbamates (subject to hydrolysis) is 1. The summed E-state index contributed by atoms with van der Waals surface area (Å²) in [4.78, 5) is 11.4. The second-order valence-electron chi connectivity index (χ2n) is 5.32. The van der Waals surface area contributed by atoms with E-state index < -0.39 is 11.7 Å². The molecule has 0 aliphatic heterocycles. The molecule has 0 unspecified atom stereocenters. The van der Waals surface area contributed by atoms with Gasteiger partial charge < -0.3 is 24.6 Å². The van der Waals surface area contributed by atoms with Gasteiger partial charge in [-0.1, -0.05) is 6.07 Å². The zero-order valence-corrected chi connectivity index (χ0v) is 12.7. The van der Waals surface area contributed by atoms with E-state index in [1.807, 2.05) is 0 Å². The van der Waals surface area contributed by atoms with Crippen LogP contribution in [-0.4, -0.2) is 43.2 Å². The molecule has 1 aromatic carbocycles. The fraction of sp³-hybridized carbons (Fsp3) is 0.533. The van der Waals surface area contributed by atoms with Gasteiger partial charge in [0, 0.05) is 6.07 Å². The largest absolute Gasteiger partial charge is 0.492 e. The number of hydrogen-bond acceptors (Lipinski definition) is 5. The quantitative estimate of drug-likeness (QED) is 0.752. The summed E-state index contributed by atoms with van der Waals surface area (Å²) < 4.78 is 15.9. The number of amides is 1. The molecule has 1 aromatic rings. The average molecular weight is 297 g/mol. The van der Waals surface area contributed by atoms with Crippen molar-refractivity contribution in [2.45, 2.75) is 26.4 Å². The Kier molecular flexibility index (Phi) is 6.81. The van der Waals surface area contributed by atoms with Crippen molar-refractivity contribution in [3.63, 3.8) is 0 Å². The lowest BCUT2D eigenvalue weighted by atomic mass is 10.2. The van der Waals surface area contributed by atoms with Crippen molar-refractivity contribution in [3.05, 3.63) is 24.3 Å². The van der Waals surface area contributed by atoms with Gasteiger partial charge in [-0.25, -0.2) is 4.79 Å². The maximum Gasteiger partial charge on any atom is 0.407 e. The smallest absolute Gasteiger partial charge is 0.407 e. The Hall–Kier alpha value is -1.95. The summed E-state index contributed by atoms with van der Waals surface area (Å²) in [7, 11) is 0. The molecule has 21 heavy (non-hydrogen) atoms. The van der Waals surface area contributed by atoms with Crippen LogP contribution in [0.1, 0.15) is 20.8 Å². The molecule has 0 heterocycles. The van der Waals surface area contributed by atoms with Gasteiger partial charge in [0.1, 0.15) is 30.3 Å². The van der Waals surface area contributed by atoms with E-state index in [0.29, 0.717) is 24.7 Å². The van der Waals surface area contributed by atoms with Crippen LogP contribution in [0.3, 0.4) is 0 Å². The third-order valence-corrected chi connectivity index (χ3v) is 2.20.